The highest BCUT2D eigenvalue weighted by atomic mass is 32.2. The van der Waals surface area contributed by atoms with E-state index in [2.05, 4.69) is 0 Å². The van der Waals surface area contributed by atoms with Crippen LogP contribution in [-0.4, -0.2) is 31.7 Å². The number of Topliss-reactive ketones (excluding diaryl/α,β-unsaturated/α-hetero) is 1. The van der Waals surface area contributed by atoms with Crippen molar-refractivity contribution in [2.75, 3.05) is 7.11 Å². The van der Waals surface area contributed by atoms with Gasteiger partial charge in [-0.05, 0) is 54.8 Å². The molecule has 3 aliphatic rings. The zero-order valence-corrected chi connectivity index (χ0v) is 16.9. The molecule has 2 heterocycles. The van der Waals surface area contributed by atoms with E-state index < -0.39 is 39.8 Å². The number of alkyl halides is 3. The lowest BCUT2D eigenvalue weighted by Crippen LogP contribution is -2.56. The van der Waals surface area contributed by atoms with E-state index in [0.717, 1.165) is 12.1 Å². The lowest BCUT2D eigenvalue weighted by molar-refractivity contribution is -0.138. The molecule has 1 saturated carbocycles. The smallest absolute Gasteiger partial charge is 0.416 e. The van der Waals surface area contributed by atoms with Crippen LogP contribution in [0.15, 0.2) is 53.4 Å². The first-order valence-corrected chi connectivity index (χ1v) is 10.9. The van der Waals surface area contributed by atoms with Crippen molar-refractivity contribution >= 4 is 15.8 Å². The fourth-order valence-electron chi connectivity index (χ4n) is 4.44. The molecule has 0 aromatic heterocycles. The highest BCUT2D eigenvalue weighted by Crippen LogP contribution is 2.48. The van der Waals surface area contributed by atoms with E-state index in [9.17, 15) is 26.4 Å². The monoisotopic (exact) mass is 439 g/mol. The Hall–Kier alpha value is -2.39. The van der Waals surface area contributed by atoms with Crippen LogP contribution in [0.2, 0.25) is 0 Å². The average Bonchev–Trinajstić information content (AvgIpc) is 2.73. The van der Waals surface area contributed by atoms with Crippen LogP contribution in [0.4, 0.5) is 13.2 Å². The molecule has 2 aromatic carbocycles. The number of methoxy groups -OCH3 is 1. The first-order chi connectivity index (χ1) is 14.1. The predicted molar refractivity (Wildman–Crippen MR) is 102 cm³/mol. The van der Waals surface area contributed by atoms with Crippen LogP contribution in [0.1, 0.15) is 36.4 Å². The average molecular weight is 439 g/mol. The number of sulfonamides is 1. The SMILES string of the molecule is COc1ccc(S(=O)(=O)N2[C@H]3CC[C@H](C(=O)C3)[C@H]2c2ccc(C(F)(F)F)cc2)cc1. The molecule has 9 heteroatoms. The summed E-state index contributed by atoms with van der Waals surface area (Å²) in [5.74, 6) is -0.110. The third-order valence-electron chi connectivity index (χ3n) is 5.89. The van der Waals surface area contributed by atoms with Crippen LogP contribution in [0.5, 0.6) is 5.75 Å². The van der Waals surface area contributed by atoms with Crippen molar-refractivity contribution in [3.05, 3.63) is 59.7 Å². The molecule has 5 rings (SSSR count). The van der Waals surface area contributed by atoms with Crippen molar-refractivity contribution < 1.29 is 31.1 Å². The molecule has 3 fully saturated rings. The minimum atomic E-state index is -4.49. The fraction of sp³-hybridized carbons (Fsp3) is 0.381. The molecule has 0 spiro atoms. The van der Waals surface area contributed by atoms with E-state index in [4.69, 9.17) is 4.74 Å². The van der Waals surface area contributed by atoms with Gasteiger partial charge in [0, 0.05) is 18.4 Å². The van der Waals surface area contributed by atoms with E-state index in [0.29, 0.717) is 24.2 Å². The third kappa shape index (κ3) is 3.50. The van der Waals surface area contributed by atoms with Crippen molar-refractivity contribution in [2.45, 2.75) is 42.4 Å². The van der Waals surface area contributed by atoms with Crippen molar-refractivity contribution in [3.63, 3.8) is 0 Å². The number of hydrogen-bond acceptors (Lipinski definition) is 4. The molecule has 0 radical (unpaired) electrons. The lowest BCUT2D eigenvalue weighted by Gasteiger charge is -2.49. The van der Waals surface area contributed by atoms with Gasteiger partial charge in [-0.3, -0.25) is 4.79 Å². The van der Waals surface area contributed by atoms with Crippen LogP contribution in [0.25, 0.3) is 0 Å². The maximum absolute atomic E-state index is 13.5. The number of hydrogen-bond donors (Lipinski definition) is 0. The summed E-state index contributed by atoms with van der Waals surface area (Å²) in [5.41, 5.74) is -0.425. The summed E-state index contributed by atoms with van der Waals surface area (Å²) in [5, 5.41) is 0. The predicted octanol–water partition coefficient (Wildman–Crippen LogP) is 4.20. The van der Waals surface area contributed by atoms with Crippen LogP contribution in [-0.2, 0) is 21.0 Å². The quantitative estimate of drug-likeness (QED) is 0.717. The Morgan fingerprint density at radius 2 is 1.63 bits per heavy atom. The molecular weight excluding hydrogens is 419 g/mol. The second-order valence-electron chi connectivity index (χ2n) is 7.58. The first kappa shape index (κ1) is 20.9. The Morgan fingerprint density at radius 3 is 2.17 bits per heavy atom. The van der Waals surface area contributed by atoms with E-state index in [1.807, 2.05) is 0 Å². The van der Waals surface area contributed by atoms with Gasteiger partial charge < -0.3 is 4.74 Å². The van der Waals surface area contributed by atoms with Crippen LogP contribution < -0.4 is 4.74 Å². The summed E-state index contributed by atoms with van der Waals surface area (Å²) >= 11 is 0. The van der Waals surface area contributed by atoms with Gasteiger partial charge in [-0.1, -0.05) is 12.1 Å². The third-order valence-corrected chi connectivity index (χ3v) is 7.84. The van der Waals surface area contributed by atoms with E-state index in [1.165, 1.54) is 47.8 Å². The summed E-state index contributed by atoms with van der Waals surface area (Å²) in [6.07, 6.45) is -3.31. The highest BCUT2D eigenvalue weighted by Gasteiger charge is 2.52. The molecule has 0 N–H and O–H groups in total. The lowest BCUT2D eigenvalue weighted by atomic mass is 9.73. The van der Waals surface area contributed by atoms with Crippen LogP contribution in [0.3, 0.4) is 0 Å². The minimum absolute atomic E-state index is 0.0441. The maximum atomic E-state index is 13.5. The zero-order valence-electron chi connectivity index (χ0n) is 16.1. The molecule has 2 bridgehead atoms. The molecule has 2 aliphatic heterocycles. The number of nitrogens with zero attached hydrogens (tertiary/aromatic N) is 1. The Balaban J connectivity index is 1.77. The number of benzene rings is 2. The van der Waals surface area contributed by atoms with E-state index in [1.54, 1.807) is 0 Å². The van der Waals surface area contributed by atoms with Crippen molar-refractivity contribution in [3.8, 4) is 5.75 Å². The Morgan fingerprint density at radius 1 is 1.00 bits per heavy atom. The van der Waals surface area contributed by atoms with E-state index in [-0.39, 0.29) is 17.1 Å². The highest BCUT2D eigenvalue weighted by molar-refractivity contribution is 7.89. The first-order valence-electron chi connectivity index (χ1n) is 9.50. The molecular formula is C21H20F3NO4S. The number of halogens is 3. The standard InChI is InChI=1S/C21H20F3NO4S/c1-29-16-7-9-17(10-8-16)30(27,28)25-15-6-11-18(19(26)12-15)20(25)13-2-4-14(5-3-13)21(22,23)24/h2-5,7-10,15,18,20H,6,11-12H2,1H3/t15-,18+,20+/m0/s1. The van der Waals surface area contributed by atoms with Crippen molar-refractivity contribution in [1.82, 2.24) is 4.31 Å². The molecule has 0 unspecified atom stereocenters. The number of carbonyl (C=O) groups excluding carboxylic acids is 1. The van der Waals surface area contributed by atoms with Gasteiger partial charge in [-0.15, -0.1) is 0 Å². The van der Waals surface area contributed by atoms with Crippen molar-refractivity contribution in [1.29, 1.82) is 0 Å². The molecule has 2 aromatic rings. The molecule has 0 amide bonds. The Kier molecular flexibility index (Phi) is 5.14. The minimum Gasteiger partial charge on any atom is -0.497 e. The zero-order chi connectivity index (χ0) is 21.7. The van der Waals surface area contributed by atoms with Crippen LogP contribution in [0, 0.1) is 5.92 Å². The number of fused-ring (bicyclic) bond motifs is 3. The van der Waals surface area contributed by atoms with E-state index >= 15 is 0 Å². The van der Waals surface area contributed by atoms with Crippen LogP contribution >= 0.6 is 0 Å². The number of piperidine rings is 2. The molecule has 160 valence electrons. The van der Waals surface area contributed by atoms with Gasteiger partial charge in [0.1, 0.15) is 11.5 Å². The summed E-state index contributed by atoms with van der Waals surface area (Å²) in [7, 11) is -2.50. The van der Waals surface area contributed by atoms with Gasteiger partial charge in [0.25, 0.3) is 0 Å². The Bertz CT molecular complexity index is 1050. The topological polar surface area (TPSA) is 63.7 Å². The molecule has 3 atom stereocenters. The second-order valence-corrected chi connectivity index (χ2v) is 9.43. The second kappa shape index (κ2) is 7.39. The van der Waals surface area contributed by atoms with Gasteiger partial charge in [0.15, 0.2) is 0 Å². The molecule has 1 aliphatic carbocycles. The Labute approximate surface area is 172 Å². The van der Waals surface area contributed by atoms with Crippen molar-refractivity contribution in [2.24, 2.45) is 5.92 Å². The summed E-state index contributed by atoms with van der Waals surface area (Å²) in [6, 6.07) is 9.02. The normalized spacial score (nSPS) is 24.8. The molecule has 30 heavy (non-hydrogen) atoms. The maximum Gasteiger partial charge on any atom is 0.416 e. The molecule has 2 saturated heterocycles. The number of ether oxygens (including phenoxy) is 1. The number of carbonyl (C=O) groups is 1. The van der Waals surface area contributed by atoms with Gasteiger partial charge in [0.2, 0.25) is 10.0 Å². The summed E-state index contributed by atoms with van der Waals surface area (Å²) in [6.45, 7) is 0. The number of ketones is 1. The largest absolute Gasteiger partial charge is 0.497 e. The number of rotatable bonds is 4. The van der Waals surface area contributed by atoms with Gasteiger partial charge in [-0.2, -0.15) is 17.5 Å². The van der Waals surface area contributed by atoms with Gasteiger partial charge >= 0.3 is 6.18 Å². The van der Waals surface area contributed by atoms with Gasteiger partial charge in [0.05, 0.1) is 23.6 Å². The summed E-state index contributed by atoms with van der Waals surface area (Å²) in [4.78, 5) is 12.6. The molecule has 5 nitrogen and oxygen atoms in total. The van der Waals surface area contributed by atoms with Gasteiger partial charge in [-0.25, -0.2) is 8.42 Å². The summed E-state index contributed by atoms with van der Waals surface area (Å²) < 4.78 is 72.2. The fourth-order valence-corrected chi connectivity index (χ4v) is 6.30.